The van der Waals surface area contributed by atoms with E-state index in [0.29, 0.717) is 12.0 Å². The first-order valence-electron chi connectivity index (χ1n) is 8.75. The van der Waals surface area contributed by atoms with Gasteiger partial charge < -0.3 is 15.2 Å². The number of primary amides is 1. The molecule has 1 heterocycles. The number of fused-ring (bicyclic) bond motifs is 2. The first-order chi connectivity index (χ1) is 12.1. The Morgan fingerprint density at radius 1 is 1.12 bits per heavy atom. The Kier molecular flexibility index (Phi) is 4.07. The quantitative estimate of drug-likeness (QED) is 0.906. The van der Waals surface area contributed by atoms with E-state index in [4.69, 9.17) is 15.2 Å². The van der Waals surface area contributed by atoms with Crippen molar-refractivity contribution >= 4 is 5.91 Å². The van der Waals surface area contributed by atoms with Crippen LogP contribution >= 0.6 is 0 Å². The molecule has 2 unspecified atom stereocenters. The zero-order valence-electron chi connectivity index (χ0n) is 14.3. The van der Waals surface area contributed by atoms with Gasteiger partial charge in [0.25, 0.3) is 5.91 Å². The molecule has 25 heavy (non-hydrogen) atoms. The van der Waals surface area contributed by atoms with Crippen molar-refractivity contribution < 1.29 is 14.3 Å². The molecule has 2 N–H and O–H groups in total. The predicted octanol–water partition coefficient (Wildman–Crippen LogP) is 3.42. The molecule has 2 aliphatic carbocycles. The summed E-state index contributed by atoms with van der Waals surface area (Å²) in [6.45, 7) is 0. The minimum absolute atomic E-state index is 0.260. The minimum Gasteiger partial charge on any atom is -0.493 e. The highest BCUT2D eigenvalue weighted by atomic mass is 16.5. The molecule has 4 rings (SSSR count). The maximum atomic E-state index is 11.2. The van der Waals surface area contributed by atoms with Crippen LogP contribution in [0.1, 0.15) is 36.2 Å². The zero-order valence-corrected chi connectivity index (χ0v) is 14.3. The van der Waals surface area contributed by atoms with Gasteiger partial charge in [-0.2, -0.15) is 0 Å². The largest absolute Gasteiger partial charge is 0.493 e. The molecular weight excluding hydrogens is 316 g/mol. The van der Waals surface area contributed by atoms with Crippen molar-refractivity contribution in [2.45, 2.75) is 31.8 Å². The van der Waals surface area contributed by atoms with Crippen LogP contribution in [-0.4, -0.2) is 24.1 Å². The summed E-state index contributed by atoms with van der Waals surface area (Å²) in [6, 6.07) is 9.35. The van der Waals surface area contributed by atoms with Crippen molar-refractivity contribution in [1.29, 1.82) is 0 Å². The Labute approximate surface area is 147 Å². The third-order valence-electron chi connectivity index (χ3n) is 5.46. The second kappa shape index (κ2) is 6.39. The molecule has 0 spiro atoms. The van der Waals surface area contributed by atoms with Gasteiger partial charge in [0.15, 0.2) is 11.5 Å². The van der Waals surface area contributed by atoms with Gasteiger partial charge in [0.1, 0.15) is 11.8 Å². The normalized spacial score (nSPS) is 24.3. The Morgan fingerprint density at radius 2 is 1.96 bits per heavy atom. The van der Waals surface area contributed by atoms with Gasteiger partial charge in [-0.1, -0.05) is 12.1 Å². The molecule has 1 amide bonds. The van der Waals surface area contributed by atoms with Gasteiger partial charge in [-0.3, -0.25) is 9.78 Å². The average Bonchev–Trinajstić information content (AvgIpc) is 3.25. The number of methoxy groups -OCH3 is 1. The number of aromatic nitrogens is 1. The third kappa shape index (κ3) is 3.06. The van der Waals surface area contributed by atoms with Gasteiger partial charge in [-0.25, -0.2) is 0 Å². The Balaban J connectivity index is 1.60. The molecule has 0 saturated heterocycles. The maximum absolute atomic E-state index is 11.2. The smallest absolute Gasteiger partial charge is 0.267 e. The van der Waals surface area contributed by atoms with Gasteiger partial charge in [-0.15, -0.1) is 0 Å². The lowest BCUT2D eigenvalue weighted by atomic mass is 9.97. The van der Waals surface area contributed by atoms with Gasteiger partial charge in [0, 0.05) is 11.8 Å². The average molecular weight is 338 g/mol. The fourth-order valence-corrected chi connectivity index (χ4v) is 4.15. The molecule has 5 heteroatoms. The Morgan fingerprint density at radius 3 is 2.56 bits per heavy atom. The van der Waals surface area contributed by atoms with Crippen molar-refractivity contribution in [3.8, 4) is 22.6 Å². The van der Waals surface area contributed by atoms with Gasteiger partial charge in [0.05, 0.1) is 7.11 Å². The van der Waals surface area contributed by atoms with E-state index in [1.54, 1.807) is 19.4 Å². The minimum atomic E-state index is -0.526. The molecule has 2 fully saturated rings. The highest BCUT2D eigenvalue weighted by Crippen LogP contribution is 2.47. The number of carbonyl (C=O) groups is 1. The monoisotopic (exact) mass is 338 g/mol. The van der Waals surface area contributed by atoms with Crippen LogP contribution in [-0.2, 0) is 0 Å². The number of hydrogen-bond acceptors (Lipinski definition) is 4. The van der Waals surface area contributed by atoms with Gasteiger partial charge in [-0.05, 0) is 61.3 Å². The second-order valence-corrected chi connectivity index (χ2v) is 6.99. The van der Waals surface area contributed by atoms with Crippen molar-refractivity contribution in [2.24, 2.45) is 17.6 Å². The molecule has 2 aromatic rings. The Hall–Kier alpha value is -2.56. The topological polar surface area (TPSA) is 74.4 Å². The SMILES string of the molecule is COc1ccc(-c2ccc(C(N)=O)nc2)cc1O[C@H]1CC2CCC1C2. The number of pyridine rings is 1. The molecule has 0 radical (unpaired) electrons. The molecule has 1 aromatic carbocycles. The number of amides is 1. The van der Waals surface area contributed by atoms with Crippen LogP contribution < -0.4 is 15.2 Å². The third-order valence-corrected chi connectivity index (χ3v) is 5.46. The lowest BCUT2D eigenvalue weighted by Crippen LogP contribution is -2.23. The van der Waals surface area contributed by atoms with E-state index >= 15 is 0 Å². The summed E-state index contributed by atoms with van der Waals surface area (Å²) in [5.41, 5.74) is 7.39. The zero-order chi connectivity index (χ0) is 17.4. The van der Waals surface area contributed by atoms with Crippen molar-refractivity contribution in [3.05, 3.63) is 42.2 Å². The standard InChI is InChI=1S/C20H22N2O3/c1-24-17-7-5-13(15-4-6-16(20(21)23)22-11-15)10-19(17)25-18-9-12-2-3-14(18)8-12/h4-7,10-12,14,18H,2-3,8-9H2,1H3,(H2,21,23)/t12?,14?,18-/m0/s1. The summed E-state index contributed by atoms with van der Waals surface area (Å²) >= 11 is 0. The van der Waals surface area contributed by atoms with E-state index in [1.165, 1.54) is 19.3 Å². The number of rotatable bonds is 5. The highest BCUT2D eigenvalue weighted by Gasteiger charge is 2.41. The second-order valence-electron chi connectivity index (χ2n) is 6.99. The lowest BCUT2D eigenvalue weighted by molar-refractivity contribution is 0.0995. The summed E-state index contributed by atoms with van der Waals surface area (Å²) in [4.78, 5) is 15.3. The Bertz CT molecular complexity index is 788. The fourth-order valence-electron chi connectivity index (χ4n) is 4.15. The van der Waals surface area contributed by atoms with E-state index in [2.05, 4.69) is 4.98 Å². The highest BCUT2D eigenvalue weighted by molar-refractivity contribution is 5.91. The summed E-state index contributed by atoms with van der Waals surface area (Å²) in [5.74, 6) is 2.50. The van der Waals surface area contributed by atoms with Gasteiger partial charge in [0.2, 0.25) is 0 Å². The number of ether oxygens (including phenoxy) is 2. The van der Waals surface area contributed by atoms with E-state index in [-0.39, 0.29) is 5.69 Å². The van der Waals surface area contributed by atoms with E-state index in [1.807, 2.05) is 24.3 Å². The molecule has 1 aromatic heterocycles. The van der Waals surface area contributed by atoms with E-state index < -0.39 is 5.91 Å². The summed E-state index contributed by atoms with van der Waals surface area (Å²) in [6.07, 6.45) is 7.01. The van der Waals surface area contributed by atoms with E-state index in [0.717, 1.165) is 35.0 Å². The van der Waals surface area contributed by atoms with Gasteiger partial charge >= 0.3 is 0 Å². The number of carbonyl (C=O) groups excluding carboxylic acids is 1. The van der Waals surface area contributed by atoms with Crippen LogP contribution in [0.5, 0.6) is 11.5 Å². The van der Waals surface area contributed by atoms with Crippen LogP contribution in [0.4, 0.5) is 0 Å². The number of nitrogens with zero attached hydrogens (tertiary/aromatic N) is 1. The number of benzene rings is 1. The summed E-state index contributed by atoms with van der Waals surface area (Å²) in [7, 11) is 1.66. The van der Waals surface area contributed by atoms with E-state index in [9.17, 15) is 4.79 Å². The van der Waals surface area contributed by atoms with Crippen LogP contribution in [0.3, 0.4) is 0 Å². The first-order valence-corrected chi connectivity index (χ1v) is 8.75. The summed E-state index contributed by atoms with van der Waals surface area (Å²) < 4.78 is 11.8. The number of nitrogens with two attached hydrogens (primary N) is 1. The van der Waals surface area contributed by atoms with Crippen molar-refractivity contribution in [2.75, 3.05) is 7.11 Å². The molecule has 3 atom stereocenters. The van der Waals surface area contributed by atoms with Crippen LogP contribution in [0, 0.1) is 11.8 Å². The van der Waals surface area contributed by atoms with Crippen molar-refractivity contribution in [3.63, 3.8) is 0 Å². The summed E-state index contributed by atoms with van der Waals surface area (Å²) in [5, 5.41) is 0. The first kappa shape index (κ1) is 15.9. The molecule has 2 saturated carbocycles. The molecule has 2 aliphatic rings. The van der Waals surface area contributed by atoms with Crippen LogP contribution in [0.2, 0.25) is 0 Å². The lowest BCUT2D eigenvalue weighted by Gasteiger charge is -2.24. The molecular formula is C20H22N2O3. The van der Waals surface area contributed by atoms with Crippen LogP contribution in [0.15, 0.2) is 36.5 Å². The molecule has 0 aliphatic heterocycles. The van der Waals surface area contributed by atoms with Crippen molar-refractivity contribution in [1.82, 2.24) is 4.98 Å². The predicted molar refractivity (Wildman–Crippen MR) is 94.6 cm³/mol. The van der Waals surface area contributed by atoms with Crippen LogP contribution in [0.25, 0.3) is 11.1 Å². The fraction of sp³-hybridized carbons (Fsp3) is 0.400. The number of hydrogen-bond donors (Lipinski definition) is 1. The molecule has 130 valence electrons. The maximum Gasteiger partial charge on any atom is 0.267 e. The molecule has 5 nitrogen and oxygen atoms in total. The molecule has 2 bridgehead atoms.